The first-order chi connectivity index (χ1) is 8.11. The monoisotopic (exact) mass is 317 g/mol. The molecule has 1 aromatic carbocycles. The van der Waals surface area contributed by atoms with Crippen LogP contribution in [0.2, 0.25) is 5.02 Å². The molecule has 1 fully saturated rings. The van der Waals surface area contributed by atoms with E-state index in [2.05, 4.69) is 28.2 Å². The highest BCUT2D eigenvalue weighted by molar-refractivity contribution is 9.10. The smallest absolute Gasteiger partial charge is 0.0664 e. The molecule has 17 heavy (non-hydrogen) atoms. The third-order valence-electron chi connectivity index (χ3n) is 3.58. The van der Waals surface area contributed by atoms with Crippen molar-refractivity contribution in [3.63, 3.8) is 0 Å². The number of nitrogens with one attached hydrogen (secondary N) is 1. The van der Waals surface area contributed by atoms with Gasteiger partial charge in [-0.05, 0) is 59.3 Å². The molecule has 0 aliphatic heterocycles. The summed E-state index contributed by atoms with van der Waals surface area (Å²) in [7, 11) is 0. The molecule has 4 heteroatoms. The average Bonchev–Trinajstić information content (AvgIpc) is 3.15. The Morgan fingerprint density at radius 3 is 2.71 bits per heavy atom. The number of aliphatic hydroxyl groups excluding tert-OH is 1. The zero-order valence-electron chi connectivity index (χ0n) is 9.84. The molecule has 1 atom stereocenters. The summed E-state index contributed by atoms with van der Waals surface area (Å²) in [6, 6.07) is 5.78. The molecule has 94 valence electrons. The minimum atomic E-state index is -0.173. The Hall–Kier alpha value is -0.250. The molecule has 0 radical (unpaired) electrons. The van der Waals surface area contributed by atoms with E-state index < -0.39 is 0 Å². The van der Waals surface area contributed by atoms with Crippen LogP contribution >= 0.6 is 27.5 Å². The molecule has 2 nitrogen and oxygen atoms in total. The van der Waals surface area contributed by atoms with Gasteiger partial charge in [0.15, 0.2) is 0 Å². The normalized spacial score (nSPS) is 18.8. The van der Waals surface area contributed by atoms with Crippen molar-refractivity contribution < 1.29 is 5.11 Å². The summed E-state index contributed by atoms with van der Waals surface area (Å²) >= 11 is 9.39. The highest BCUT2D eigenvalue weighted by Gasteiger charge is 2.43. The van der Waals surface area contributed by atoms with Crippen LogP contribution in [0.15, 0.2) is 22.7 Å². The van der Waals surface area contributed by atoms with E-state index in [1.165, 1.54) is 12.8 Å². The summed E-state index contributed by atoms with van der Waals surface area (Å²) in [5, 5.41) is 13.9. The van der Waals surface area contributed by atoms with E-state index in [1.54, 1.807) is 0 Å². The lowest BCUT2D eigenvalue weighted by molar-refractivity contribution is 0.188. The van der Waals surface area contributed by atoms with Crippen LogP contribution in [0.25, 0.3) is 0 Å². The summed E-state index contributed by atoms with van der Waals surface area (Å²) in [6.45, 7) is 2.29. The number of rotatable bonds is 5. The topological polar surface area (TPSA) is 32.3 Å². The SMILES string of the molecule is CCC(CO)(Nc1ccc(Cl)c(Br)c1)C1CC1. The van der Waals surface area contributed by atoms with Crippen molar-refractivity contribution in [3.8, 4) is 0 Å². The Morgan fingerprint density at radius 2 is 2.24 bits per heavy atom. The second-order valence-corrected chi connectivity index (χ2v) is 5.96. The minimum Gasteiger partial charge on any atom is -0.394 e. The molecular weight excluding hydrogens is 302 g/mol. The fourth-order valence-electron chi connectivity index (χ4n) is 2.26. The van der Waals surface area contributed by atoms with Crippen molar-refractivity contribution in [1.29, 1.82) is 0 Å². The van der Waals surface area contributed by atoms with Gasteiger partial charge in [0.2, 0.25) is 0 Å². The van der Waals surface area contributed by atoms with Crippen LogP contribution in [-0.4, -0.2) is 17.3 Å². The molecule has 1 saturated carbocycles. The summed E-state index contributed by atoms with van der Waals surface area (Å²) in [6.07, 6.45) is 3.33. The van der Waals surface area contributed by atoms with E-state index in [0.717, 1.165) is 16.6 Å². The number of hydrogen-bond acceptors (Lipinski definition) is 2. The Kier molecular flexibility index (Phi) is 4.01. The highest BCUT2D eigenvalue weighted by atomic mass is 79.9. The quantitative estimate of drug-likeness (QED) is 0.858. The third-order valence-corrected chi connectivity index (χ3v) is 4.80. The number of anilines is 1. The fraction of sp³-hybridized carbons (Fsp3) is 0.538. The van der Waals surface area contributed by atoms with Gasteiger partial charge in [0.25, 0.3) is 0 Å². The first-order valence-corrected chi connectivity index (χ1v) is 7.12. The fourth-order valence-corrected chi connectivity index (χ4v) is 2.75. The van der Waals surface area contributed by atoms with Crippen LogP contribution in [0.4, 0.5) is 5.69 Å². The largest absolute Gasteiger partial charge is 0.394 e. The van der Waals surface area contributed by atoms with Crippen LogP contribution < -0.4 is 5.32 Å². The van der Waals surface area contributed by atoms with Crippen LogP contribution in [0, 0.1) is 5.92 Å². The Morgan fingerprint density at radius 1 is 1.53 bits per heavy atom. The summed E-state index contributed by atoms with van der Waals surface area (Å²) < 4.78 is 0.878. The van der Waals surface area contributed by atoms with Crippen molar-refractivity contribution >= 4 is 33.2 Å². The predicted octanol–water partition coefficient (Wildman–Crippen LogP) is 4.07. The standard InChI is InChI=1S/C13H17BrClNO/c1-2-13(8-17,9-3-4-9)16-10-5-6-12(15)11(14)7-10/h5-7,9,16-17H,2-4,8H2,1H3. The Balaban J connectivity index is 2.19. The van der Waals surface area contributed by atoms with Gasteiger partial charge in [-0.3, -0.25) is 0 Å². The number of benzene rings is 1. The zero-order chi connectivity index (χ0) is 12.5. The Bertz CT molecular complexity index is 402. The molecular formula is C13H17BrClNO. The molecule has 1 aliphatic rings. The average molecular weight is 319 g/mol. The zero-order valence-corrected chi connectivity index (χ0v) is 12.2. The van der Waals surface area contributed by atoms with Gasteiger partial charge in [0.1, 0.15) is 0 Å². The lowest BCUT2D eigenvalue weighted by atomic mass is 9.90. The first-order valence-electron chi connectivity index (χ1n) is 5.95. The van der Waals surface area contributed by atoms with Gasteiger partial charge < -0.3 is 10.4 Å². The Labute approximate surface area is 115 Å². The number of halogens is 2. The maximum Gasteiger partial charge on any atom is 0.0664 e. The van der Waals surface area contributed by atoms with Crippen LogP contribution in [0.5, 0.6) is 0 Å². The van der Waals surface area contributed by atoms with Gasteiger partial charge in [0.05, 0.1) is 17.2 Å². The predicted molar refractivity (Wildman–Crippen MR) is 75.6 cm³/mol. The highest BCUT2D eigenvalue weighted by Crippen LogP contribution is 2.43. The van der Waals surface area contributed by atoms with Crippen molar-refractivity contribution in [2.24, 2.45) is 5.92 Å². The van der Waals surface area contributed by atoms with Gasteiger partial charge in [-0.15, -0.1) is 0 Å². The minimum absolute atomic E-state index is 0.173. The lowest BCUT2D eigenvalue weighted by Gasteiger charge is -2.33. The van der Waals surface area contributed by atoms with E-state index in [-0.39, 0.29) is 12.1 Å². The van der Waals surface area contributed by atoms with E-state index in [1.807, 2.05) is 18.2 Å². The molecule has 0 amide bonds. The molecule has 0 aromatic heterocycles. The van der Waals surface area contributed by atoms with Crippen molar-refractivity contribution in [2.45, 2.75) is 31.7 Å². The molecule has 2 N–H and O–H groups in total. The van der Waals surface area contributed by atoms with Gasteiger partial charge in [0, 0.05) is 10.2 Å². The molecule has 0 spiro atoms. The van der Waals surface area contributed by atoms with Gasteiger partial charge in [-0.25, -0.2) is 0 Å². The van der Waals surface area contributed by atoms with Gasteiger partial charge >= 0.3 is 0 Å². The molecule has 2 rings (SSSR count). The molecule has 1 aromatic rings. The van der Waals surface area contributed by atoms with Crippen molar-refractivity contribution in [3.05, 3.63) is 27.7 Å². The van der Waals surface area contributed by atoms with Crippen molar-refractivity contribution in [1.82, 2.24) is 0 Å². The van der Waals surface area contributed by atoms with Crippen molar-refractivity contribution in [2.75, 3.05) is 11.9 Å². The van der Waals surface area contributed by atoms with E-state index >= 15 is 0 Å². The first kappa shape index (κ1) is 13.2. The van der Waals surface area contributed by atoms with E-state index in [9.17, 15) is 5.11 Å². The van der Waals surface area contributed by atoms with E-state index in [0.29, 0.717) is 10.9 Å². The van der Waals surface area contributed by atoms with E-state index in [4.69, 9.17) is 11.6 Å². The van der Waals surface area contributed by atoms with Gasteiger partial charge in [-0.2, -0.15) is 0 Å². The second kappa shape index (κ2) is 5.17. The number of aliphatic hydroxyl groups is 1. The van der Waals surface area contributed by atoms with Crippen LogP contribution in [0.1, 0.15) is 26.2 Å². The number of hydrogen-bond donors (Lipinski definition) is 2. The van der Waals surface area contributed by atoms with Gasteiger partial charge in [-0.1, -0.05) is 18.5 Å². The maximum atomic E-state index is 9.67. The van der Waals surface area contributed by atoms with Crippen LogP contribution in [0.3, 0.4) is 0 Å². The molecule has 0 bridgehead atoms. The molecule has 0 heterocycles. The maximum absolute atomic E-state index is 9.67. The third kappa shape index (κ3) is 2.78. The summed E-state index contributed by atoms with van der Waals surface area (Å²) in [4.78, 5) is 0. The molecule has 0 saturated heterocycles. The molecule has 1 aliphatic carbocycles. The summed E-state index contributed by atoms with van der Waals surface area (Å²) in [5.41, 5.74) is 0.830. The molecule has 1 unspecified atom stereocenters. The second-order valence-electron chi connectivity index (χ2n) is 4.70. The lowest BCUT2D eigenvalue weighted by Crippen LogP contribution is -2.43. The summed E-state index contributed by atoms with van der Waals surface area (Å²) in [5.74, 6) is 0.590. The van der Waals surface area contributed by atoms with Crippen LogP contribution in [-0.2, 0) is 0 Å².